The zero-order chi connectivity index (χ0) is 27.9. The highest BCUT2D eigenvalue weighted by Gasteiger charge is 2.32. The Morgan fingerprint density at radius 3 is 2.34 bits per heavy atom. The lowest BCUT2D eigenvalue weighted by molar-refractivity contribution is -0.139. The van der Waals surface area contributed by atoms with Crippen LogP contribution in [0.25, 0.3) is 0 Å². The SMILES string of the molecule is CCCNC(=O)C(C)N(Cc1ccccc1F)C(=O)CN(c1cccc(Br)c1)S(=O)(=O)c1ccc(C)cc1. The number of halogens is 2. The molecule has 10 heteroatoms. The fraction of sp³-hybridized carbons (Fsp3) is 0.286. The zero-order valence-electron chi connectivity index (χ0n) is 21.5. The molecule has 0 aromatic heterocycles. The Morgan fingerprint density at radius 2 is 1.71 bits per heavy atom. The second-order valence-corrected chi connectivity index (χ2v) is 11.7. The molecular formula is C28H31BrFN3O4S. The van der Waals surface area contributed by atoms with Gasteiger partial charge in [0.05, 0.1) is 10.6 Å². The second-order valence-electron chi connectivity index (χ2n) is 8.88. The van der Waals surface area contributed by atoms with Gasteiger partial charge in [-0.2, -0.15) is 0 Å². The smallest absolute Gasteiger partial charge is 0.264 e. The van der Waals surface area contributed by atoms with Crippen molar-refractivity contribution in [3.63, 3.8) is 0 Å². The normalized spacial score (nSPS) is 12.0. The fourth-order valence-corrected chi connectivity index (χ4v) is 5.58. The van der Waals surface area contributed by atoms with Crippen LogP contribution >= 0.6 is 15.9 Å². The summed E-state index contributed by atoms with van der Waals surface area (Å²) in [6, 6.07) is 17.9. The van der Waals surface area contributed by atoms with E-state index in [2.05, 4.69) is 21.2 Å². The van der Waals surface area contributed by atoms with Crippen LogP contribution in [-0.4, -0.2) is 44.3 Å². The molecule has 3 rings (SSSR count). The van der Waals surface area contributed by atoms with Gasteiger partial charge in [-0.3, -0.25) is 13.9 Å². The van der Waals surface area contributed by atoms with Crippen LogP contribution < -0.4 is 9.62 Å². The van der Waals surface area contributed by atoms with E-state index in [-0.39, 0.29) is 22.7 Å². The third kappa shape index (κ3) is 7.20. The molecule has 202 valence electrons. The van der Waals surface area contributed by atoms with Crippen molar-refractivity contribution in [2.75, 3.05) is 17.4 Å². The number of carbonyl (C=O) groups excluding carboxylic acids is 2. The molecule has 0 aliphatic heterocycles. The molecule has 2 amide bonds. The highest BCUT2D eigenvalue weighted by atomic mass is 79.9. The lowest BCUT2D eigenvalue weighted by Gasteiger charge is -2.32. The van der Waals surface area contributed by atoms with E-state index in [1.54, 1.807) is 49.4 Å². The largest absolute Gasteiger partial charge is 0.354 e. The first-order valence-corrected chi connectivity index (χ1v) is 14.4. The van der Waals surface area contributed by atoms with E-state index in [1.807, 2.05) is 13.8 Å². The Bertz CT molecular complexity index is 1380. The van der Waals surface area contributed by atoms with Crippen molar-refractivity contribution in [3.05, 3.63) is 94.2 Å². The van der Waals surface area contributed by atoms with E-state index < -0.39 is 40.2 Å². The third-order valence-electron chi connectivity index (χ3n) is 6.00. The van der Waals surface area contributed by atoms with Crippen LogP contribution in [-0.2, 0) is 26.2 Å². The van der Waals surface area contributed by atoms with Gasteiger partial charge in [0.1, 0.15) is 18.4 Å². The summed E-state index contributed by atoms with van der Waals surface area (Å²) in [6.45, 7) is 4.91. The quantitative estimate of drug-likeness (QED) is 0.333. The monoisotopic (exact) mass is 603 g/mol. The van der Waals surface area contributed by atoms with Gasteiger partial charge in [-0.15, -0.1) is 0 Å². The Morgan fingerprint density at radius 1 is 1.03 bits per heavy atom. The number of anilines is 1. The summed E-state index contributed by atoms with van der Waals surface area (Å²) in [5, 5.41) is 2.76. The van der Waals surface area contributed by atoms with E-state index in [4.69, 9.17) is 0 Å². The molecule has 1 atom stereocenters. The van der Waals surface area contributed by atoms with E-state index in [0.717, 1.165) is 9.87 Å². The third-order valence-corrected chi connectivity index (χ3v) is 8.28. The van der Waals surface area contributed by atoms with Crippen LogP contribution in [0.3, 0.4) is 0 Å². The lowest BCUT2D eigenvalue weighted by atomic mass is 10.1. The molecule has 0 spiro atoms. The highest BCUT2D eigenvalue weighted by Crippen LogP contribution is 2.27. The van der Waals surface area contributed by atoms with Crippen LogP contribution in [0.4, 0.5) is 10.1 Å². The van der Waals surface area contributed by atoms with Gasteiger partial charge in [0.2, 0.25) is 11.8 Å². The van der Waals surface area contributed by atoms with Gasteiger partial charge in [-0.05, 0) is 56.7 Å². The second kappa shape index (κ2) is 13.0. The predicted octanol–water partition coefficient (Wildman–Crippen LogP) is 5.04. The van der Waals surface area contributed by atoms with Crippen molar-refractivity contribution >= 4 is 43.5 Å². The Labute approximate surface area is 231 Å². The molecule has 3 aromatic rings. The molecule has 1 N–H and O–H groups in total. The molecule has 0 heterocycles. The number of rotatable bonds is 11. The Kier molecular flexibility index (Phi) is 10.0. The number of amides is 2. The first-order chi connectivity index (χ1) is 18.0. The van der Waals surface area contributed by atoms with Crippen LogP contribution in [0.5, 0.6) is 0 Å². The molecule has 1 unspecified atom stereocenters. The topological polar surface area (TPSA) is 86.8 Å². The first-order valence-electron chi connectivity index (χ1n) is 12.2. The van der Waals surface area contributed by atoms with Crippen molar-refractivity contribution in [3.8, 4) is 0 Å². The van der Waals surface area contributed by atoms with Crippen molar-refractivity contribution in [1.29, 1.82) is 0 Å². The van der Waals surface area contributed by atoms with Crippen LogP contribution in [0.2, 0.25) is 0 Å². The van der Waals surface area contributed by atoms with Crippen molar-refractivity contribution in [1.82, 2.24) is 10.2 Å². The number of nitrogens with one attached hydrogen (secondary N) is 1. The van der Waals surface area contributed by atoms with E-state index in [0.29, 0.717) is 17.4 Å². The minimum atomic E-state index is -4.17. The summed E-state index contributed by atoms with van der Waals surface area (Å²) in [5.74, 6) is -1.59. The molecule has 0 aliphatic rings. The van der Waals surface area contributed by atoms with E-state index in [1.165, 1.54) is 35.2 Å². The summed E-state index contributed by atoms with van der Waals surface area (Å²) in [5.41, 5.74) is 1.37. The summed E-state index contributed by atoms with van der Waals surface area (Å²) in [6.07, 6.45) is 0.700. The van der Waals surface area contributed by atoms with Gasteiger partial charge in [0.25, 0.3) is 10.0 Å². The van der Waals surface area contributed by atoms with Crippen molar-refractivity contribution < 1.29 is 22.4 Å². The zero-order valence-corrected chi connectivity index (χ0v) is 23.9. The molecule has 0 saturated heterocycles. The summed E-state index contributed by atoms with van der Waals surface area (Å²) >= 11 is 3.37. The van der Waals surface area contributed by atoms with Gasteiger partial charge in [-0.1, -0.05) is 64.8 Å². The maximum absolute atomic E-state index is 14.5. The average Bonchev–Trinajstić information content (AvgIpc) is 2.89. The minimum absolute atomic E-state index is 0.0188. The molecule has 0 bridgehead atoms. The summed E-state index contributed by atoms with van der Waals surface area (Å²) in [7, 11) is -4.17. The number of nitrogens with zero attached hydrogens (tertiary/aromatic N) is 2. The number of aryl methyl sites for hydroxylation is 1. The van der Waals surface area contributed by atoms with E-state index in [9.17, 15) is 22.4 Å². The first kappa shape index (κ1) is 29.3. The molecule has 0 fully saturated rings. The predicted molar refractivity (Wildman–Crippen MR) is 150 cm³/mol. The molecular weight excluding hydrogens is 573 g/mol. The number of hydrogen-bond donors (Lipinski definition) is 1. The minimum Gasteiger partial charge on any atom is -0.354 e. The number of sulfonamides is 1. The fourth-order valence-electron chi connectivity index (χ4n) is 3.79. The van der Waals surface area contributed by atoms with Gasteiger partial charge in [-0.25, -0.2) is 12.8 Å². The van der Waals surface area contributed by atoms with Crippen LogP contribution in [0, 0.1) is 12.7 Å². The van der Waals surface area contributed by atoms with Gasteiger partial charge >= 0.3 is 0 Å². The number of benzene rings is 3. The van der Waals surface area contributed by atoms with Crippen LogP contribution in [0.15, 0.2) is 82.2 Å². The molecule has 38 heavy (non-hydrogen) atoms. The van der Waals surface area contributed by atoms with Gasteiger partial charge in [0.15, 0.2) is 0 Å². The average molecular weight is 605 g/mol. The molecule has 0 aliphatic carbocycles. The van der Waals surface area contributed by atoms with Gasteiger partial charge < -0.3 is 10.2 Å². The Hall–Kier alpha value is -3.24. The maximum Gasteiger partial charge on any atom is 0.264 e. The summed E-state index contributed by atoms with van der Waals surface area (Å²) in [4.78, 5) is 27.8. The number of hydrogen-bond acceptors (Lipinski definition) is 4. The van der Waals surface area contributed by atoms with Crippen molar-refractivity contribution in [2.45, 2.75) is 44.7 Å². The maximum atomic E-state index is 14.5. The Balaban J connectivity index is 2.03. The molecule has 0 radical (unpaired) electrons. The van der Waals surface area contributed by atoms with Crippen molar-refractivity contribution in [2.24, 2.45) is 0 Å². The molecule has 7 nitrogen and oxygen atoms in total. The number of carbonyl (C=O) groups is 2. The lowest BCUT2D eigenvalue weighted by Crippen LogP contribution is -2.51. The summed E-state index contributed by atoms with van der Waals surface area (Å²) < 4.78 is 43.7. The van der Waals surface area contributed by atoms with Gasteiger partial charge in [0, 0.05) is 23.1 Å². The molecule has 3 aromatic carbocycles. The van der Waals surface area contributed by atoms with E-state index >= 15 is 0 Å². The highest BCUT2D eigenvalue weighted by molar-refractivity contribution is 9.10. The molecule has 0 saturated carbocycles. The standard InChI is InChI=1S/C28H31BrFN3O4S/c1-4-16-31-28(35)21(3)32(18-22-8-5-6-11-26(22)30)27(34)19-33(24-10-7-9-23(29)17-24)38(36,37)25-14-12-20(2)13-15-25/h5-15,17,21H,4,16,18-19H2,1-3H3,(H,31,35). The van der Waals surface area contributed by atoms with Crippen LogP contribution in [0.1, 0.15) is 31.4 Å².